The molecule has 0 aliphatic rings. The number of ether oxygens (including phenoxy) is 1. The van der Waals surface area contributed by atoms with Crippen molar-refractivity contribution in [2.24, 2.45) is 11.7 Å². The second kappa shape index (κ2) is 4.77. The van der Waals surface area contributed by atoms with E-state index in [1.165, 1.54) is 0 Å². The summed E-state index contributed by atoms with van der Waals surface area (Å²) >= 11 is 0. The Morgan fingerprint density at radius 2 is 2.11 bits per heavy atom. The van der Waals surface area contributed by atoms with E-state index in [9.17, 15) is 0 Å². The Morgan fingerprint density at radius 1 is 1.56 bits per heavy atom. The SMILES string of the molecule is CC[C@@H](C)[C@@H](CN)OC. The second-order valence-electron chi connectivity index (χ2n) is 2.40. The Bertz CT molecular complexity index is 61.9. The van der Waals surface area contributed by atoms with Crippen molar-refractivity contribution in [1.29, 1.82) is 0 Å². The van der Waals surface area contributed by atoms with Gasteiger partial charge in [-0.1, -0.05) is 20.3 Å². The third-order valence-electron chi connectivity index (χ3n) is 1.81. The van der Waals surface area contributed by atoms with E-state index >= 15 is 0 Å². The van der Waals surface area contributed by atoms with E-state index in [0.29, 0.717) is 12.5 Å². The van der Waals surface area contributed by atoms with Gasteiger partial charge in [0.05, 0.1) is 6.10 Å². The van der Waals surface area contributed by atoms with Crippen LogP contribution in [0.5, 0.6) is 0 Å². The molecule has 9 heavy (non-hydrogen) atoms. The maximum absolute atomic E-state index is 5.43. The molecule has 2 heteroatoms. The fraction of sp³-hybridized carbons (Fsp3) is 1.00. The summed E-state index contributed by atoms with van der Waals surface area (Å²) in [4.78, 5) is 0. The molecule has 56 valence electrons. The van der Waals surface area contributed by atoms with Gasteiger partial charge in [-0.05, 0) is 5.92 Å². The quantitative estimate of drug-likeness (QED) is 0.618. The Hall–Kier alpha value is -0.0800. The van der Waals surface area contributed by atoms with Crippen LogP contribution in [0.25, 0.3) is 0 Å². The zero-order valence-corrected chi connectivity index (χ0v) is 6.55. The minimum atomic E-state index is 0.245. The summed E-state index contributed by atoms with van der Waals surface area (Å²) in [5.74, 6) is 0.583. The zero-order valence-electron chi connectivity index (χ0n) is 6.55. The van der Waals surface area contributed by atoms with Crippen LogP contribution >= 0.6 is 0 Å². The number of methoxy groups -OCH3 is 1. The molecule has 0 aliphatic heterocycles. The van der Waals surface area contributed by atoms with Crippen molar-refractivity contribution in [2.75, 3.05) is 13.7 Å². The first-order valence-corrected chi connectivity index (χ1v) is 3.49. The lowest BCUT2D eigenvalue weighted by molar-refractivity contribution is 0.0641. The first-order chi connectivity index (χ1) is 4.26. The minimum absolute atomic E-state index is 0.245. The van der Waals surface area contributed by atoms with Gasteiger partial charge < -0.3 is 10.5 Å². The lowest BCUT2D eigenvalue weighted by atomic mass is 10.0. The van der Waals surface area contributed by atoms with E-state index in [2.05, 4.69) is 13.8 Å². The van der Waals surface area contributed by atoms with Crippen molar-refractivity contribution < 1.29 is 4.74 Å². The summed E-state index contributed by atoms with van der Waals surface area (Å²) < 4.78 is 5.13. The van der Waals surface area contributed by atoms with Crippen LogP contribution in [0.1, 0.15) is 20.3 Å². The fourth-order valence-electron chi connectivity index (χ4n) is 0.824. The van der Waals surface area contributed by atoms with Crippen LogP contribution in [-0.4, -0.2) is 19.8 Å². The molecule has 2 N–H and O–H groups in total. The lowest BCUT2D eigenvalue weighted by Gasteiger charge is -2.18. The van der Waals surface area contributed by atoms with Crippen molar-refractivity contribution in [3.05, 3.63) is 0 Å². The Kier molecular flexibility index (Phi) is 4.72. The molecule has 0 saturated heterocycles. The minimum Gasteiger partial charge on any atom is -0.380 e. The van der Waals surface area contributed by atoms with Crippen molar-refractivity contribution in [2.45, 2.75) is 26.4 Å². The van der Waals surface area contributed by atoms with Gasteiger partial charge in [0.25, 0.3) is 0 Å². The van der Waals surface area contributed by atoms with Gasteiger partial charge in [-0.15, -0.1) is 0 Å². The highest BCUT2D eigenvalue weighted by Crippen LogP contribution is 2.08. The molecule has 0 rings (SSSR count). The molecule has 0 amide bonds. The number of nitrogens with two attached hydrogens (primary N) is 1. The van der Waals surface area contributed by atoms with Crippen LogP contribution in [0.3, 0.4) is 0 Å². The maximum Gasteiger partial charge on any atom is 0.0718 e. The third-order valence-corrected chi connectivity index (χ3v) is 1.81. The predicted octanol–water partition coefficient (Wildman–Crippen LogP) is 1.01. The normalized spacial score (nSPS) is 17.3. The van der Waals surface area contributed by atoms with Crippen LogP contribution in [0, 0.1) is 5.92 Å². The van der Waals surface area contributed by atoms with E-state index in [0.717, 1.165) is 6.42 Å². The van der Waals surface area contributed by atoms with E-state index < -0.39 is 0 Å². The summed E-state index contributed by atoms with van der Waals surface area (Å²) in [6, 6.07) is 0. The number of hydrogen-bond donors (Lipinski definition) is 1. The first kappa shape index (κ1) is 8.92. The lowest BCUT2D eigenvalue weighted by Crippen LogP contribution is -2.28. The van der Waals surface area contributed by atoms with Crippen molar-refractivity contribution in [3.8, 4) is 0 Å². The highest BCUT2D eigenvalue weighted by Gasteiger charge is 2.11. The molecule has 0 heterocycles. The first-order valence-electron chi connectivity index (χ1n) is 3.49. The largest absolute Gasteiger partial charge is 0.380 e. The molecule has 0 radical (unpaired) electrons. The van der Waals surface area contributed by atoms with E-state index in [-0.39, 0.29) is 6.10 Å². The van der Waals surface area contributed by atoms with Gasteiger partial charge in [-0.25, -0.2) is 0 Å². The van der Waals surface area contributed by atoms with Crippen molar-refractivity contribution >= 4 is 0 Å². The molecule has 0 unspecified atom stereocenters. The van der Waals surface area contributed by atoms with Gasteiger partial charge >= 0.3 is 0 Å². The zero-order chi connectivity index (χ0) is 7.28. The second-order valence-corrected chi connectivity index (χ2v) is 2.40. The molecular formula is C7H17NO. The van der Waals surface area contributed by atoms with Gasteiger partial charge in [0, 0.05) is 13.7 Å². The van der Waals surface area contributed by atoms with Crippen molar-refractivity contribution in [1.82, 2.24) is 0 Å². The topological polar surface area (TPSA) is 35.2 Å². The fourth-order valence-corrected chi connectivity index (χ4v) is 0.824. The van der Waals surface area contributed by atoms with Gasteiger partial charge in [-0.2, -0.15) is 0 Å². The van der Waals surface area contributed by atoms with E-state index in [1.54, 1.807) is 7.11 Å². The molecule has 2 atom stereocenters. The molecule has 0 fully saturated rings. The van der Waals surface area contributed by atoms with Crippen molar-refractivity contribution in [3.63, 3.8) is 0 Å². The predicted molar refractivity (Wildman–Crippen MR) is 39.3 cm³/mol. The summed E-state index contributed by atoms with van der Waals surface area (Å²) in [5, 5.41) is 0. The molecule has 0 aromatic rings. The Labute approximate surface area is 57.4 Å². The molecule has 0 spiro atoms. The standard InChI is InChI=1S/C7H17NO/c1-4-6(2)7(5-8)9-3/h6-7H,4-5,8H2,1-3H3/t6-,7-/m1/s1. The molecular weight excluding hydrogens is 114 g/mol. The molecule has 0 aromatic heterocycles. The average Bonchev–Trinajstić information content (AvgIpc) is 1.90. The van der Waals surface area contributed by atoms with E-state index in [4.69, 9.17) is 10.5 Å². The van der Waals surface area contributed by atoms with Gasteiger partial charge in [-0.3, -0.25) is 0 Å². The maximum atomic E-state index is 5.43. The smallest absolute Gasteiger partial charge is 0.0718 e. The third kappa shape index (κ3) is 2.82. The monoisotopic (exact) mass is 131 g/mol. The summed E-state index contributed by atoms with van der Waals surface area (Å²) in [6.45, 7) is 4.93. The molecule has 0 bridgehead atoms. The van der Waals surface area contributed by atoms with Gasteiger partial charge in [0.1, 0.15) is 0 Å². The Balaban J connectivity index is 3.50. The molecule has 2 nitrogen and oxygen atoms in total. The van der Waals surface area contributed by atoms with Gasteiger partial charge in [0.15, 0.2) is 0 Å². The summed E-state index contributed by atoms with van der Waals surface area (Å²) in [5.41, 5.74) is 5.43. The highest BCUT2D eigenvalue weighted by molar-refractivity contribution is 4.64. The summed E-state index contributed by atoms with van der Waals surface area (Å²) in [6.07, 6.45) is 1.38. The number of hydrogen-bond acceptors (Lipinski definition) is 2. The molecule has 0 aliphatic carbocycles. The van der Waals surface area contributed by atoms with Gasteiger partial charge in [0.2, 0.25) is 0 Å². The molecule has 0 saturated carbocycles. The van der Waals surface area contributed by atoms with Crippen LogP contribution in [-0.2, 0) is 4.74 Å². The van der Waals surface area contributed by atoms with Crippen LogP contribution in [0.4, 0.5) is 0 Å². The molecule has 0 aromatic carbocycles. The number of rotatable bonds is 4. The Morgan fingerprint density at radius 3 is 2.22 bits per heavy atom. The van der Waals surface area contributed by atoms with Crippen LogP contribution < -0.4 is 5.73 Å². The highest BCUT2D eigenvalue weighted by atomic mass is 16.5. The average molecular weight is 131 g/mol. The summed E-state index contributed by atoms with van der Waals surface area (Å²) in [7, 11) is 1.71. The van der Waals surface area contributed by atoms with Crippen LogP contribution in [0.2, 0.25) is 0 Å². The van der Waals surface area contributed by atoms with Crippen LogP contribution in [0.15, 0.2) is 0 Å². The van der Waals surface area contributed by atoms with E-state index in [1.807, 2.05) is 0 Å².